The normalized spacial score (nSPS) is 10.3. The Morgan fingerprint density at radius 2 is 1.48 bits per heavy atom. The third kappa shape index (κ3) is 5.03. The molecule has 0 fully saturated rings. The molecule has 0 aromatic heterocycles. The lowest BCUT2D eigenvalue weighted by Crippen LogP contribution is -2.02. The van der Waals surface area contributed by atoms with Gasteiger partial charge in [-0.1, -0.05) is 31.2 Å². The molecule has 0 unspecified atom stereocenters. The highest BCUT2D eigenvalue weighted by atomic mass is 16.5. The SMILES string of the molecule is CCCOc1ccccc1OCCCc1ccc(N)cc1. The van der Waals surface area contributed by atoms with Gasteiger partial charge in [-0.05, 0) is 49.1 Å². The second kappa shape index (κ2) is 8.20. The molecular formula is C18H23NO2. The molecule has 0 aliphatic heterocycles. The predicted molar refractivity (Wildman–Crippen MR) is 86.9 cm³/mol. The van der Waals surface area contributed by atoms with Gasteiger partial charge in [0.15, 0.2) is 11.5 Å². The highest BCUT2D eigenvalue weighted by Crippen LogP contribution is 2.26. The van der Waals surface area contributed by atoms with Crippen LogP contribution in [-0.4, -0.2) is 13.2 Å². The van der Waals surface area contributed by atoms with Gasteiger partial charge in [0.05, 0.1) is 13.2 Å². The van der Waals surface area contributed by atoms with Crippen molar-refractivity contribution in [3.8, 4) is 11.5 Å². The van der Waals surface area contributed by atoms with Crippen molar-refractivity contribution in [3.63, 3.8) is 0 Å². The van der Waals surface area contributed by atoms with Crippen molar-refractivity contribution in [1.82, 2.24) is 0 Å². The first-order valence-electron chi connectivity index (χ1n) is 7.48. The van der Waals surface area contributed by atoms with E-state index >= 15 is 0 Å². The summed E-state index contributed by atoms with van der Waals surface area (Å²) in [6, 6.07) is 15.8. The Morgan fingerprint density at radius 1 is 0.857 bits per heavy atom. The maximum atomic E-state index is 5.83. The Kier molecular flexibility index (Phi) is 5.95. The minimum Gasteiger partial charge on any atom is -0.490 e. The quantitative estimate of drug-likeness (QED) is 0.587. The summed E-state index contributed by atoms with van der Waals surface area (Å²) in [5.41, 5.74) is 7.76. The number of hydrogen-bond donors (Lipinski definition) is 1. The summed E-state index contributed by atoms with van der Waals surface area (Å²) in [5, 5.41) is 0. The van der Waals surface area contributed by atoms with E-state index in [0.717, 1.165) is 36.4 Å². The van der Waals surface area contributed by atoms with Gasteiger partial charge in [-0.25, -0.2) is 0 Å². The van der Waals surface area contributed by atoms with Crippen LogP contribution in [0.3, 0.4) is 0 Å². The topological polar surface area (TPSA) is 44.5 Å². The maximum Gasteiger partial charge on any atom is 0.161 e. The van der Waals surface area contributed by atoms with Gasteiger partial charge in [-0.3, -0.25) is 0 Å². The molecule has 21 heavy (non-hydrogen) atoms. The average Bonchev–Trinajstić information content (AvgIpc) is 2.52. The second-order valence-corrected chi connectivity index (χ2v) is 4.99. The van der Waals surface area contributed by atoms with Gasteiger partial charge < -0.3 is 15.2 Å². The number of rotatable bonds is 8. The lowest BCUT2D eigenvalue weighted by Gasteiger charge is -2.12. The minimum atomic E-state index is 0.677. The third-order valence-electron chi connectivity index (χ3n) is 3.16. The van der Waals surface area contributed by atoms with Gasteiger partial charge in [0.2, 0.25) is 0 Å². The lowest BCUT2D eigenvalue weighted by molar-refractivity contribution is 0.265. The molecule has 3 nitrogen and oxygen atoms in total. The molecule has 0 spiro atoms. The molecular weight excluding hydrogens is 262 g/mol. The fourth-order valence-electron chi connectivity index (χ4n) is 2.04. The number of aryl methyl sites for hydroxylation is 1. The third-order valence-corrected chi connectivity index (χ3v) is 3.16. The molecule has 0 saturated heterocycles. The number of ether oxygens (including phenoxy) is 2. The number of para-hydroxylation sites is 2. The Morgan fingerprint density at radius 3 is 2.10 bits per heavy atom. The van der Waals surface area contributed by atoms with Gasteiger partial charge >= 0.3 is 0 Å². The summed E-state index contributed by atoms with van der Waals surface area (Å²) >= 11 is 0. The molecule has 0 amide bonds. The first-order chi connectivity index (χ1) is 10.3. The first kappa shape index (κ1) is 15.2. The number of hydrogen-bond acceptors (Lipinski definition) is 3. The Hall–Kier alpha value is -2.16. The van der Waals surface area contributed by atoms with Crippen molar-refractivity contribution in [3.05, 3.63) is 54.1 Å². The van der Waals surface area contributed by atoms with E-state index < -0.39 is 0 Å². The van der Waals surface area contributed by atoms with E-state index in [9.17, 15) is 0 Å². The summed E-state index contributed by atoms with van der Waals surface area (Å²) in [4.78, 5) is 0. The Bertz CT molecular complexity index is 537. The number of anilines is 1. The van der Waals surface area contributed by atoms with Crippen LogP contribution < -0.4 is 15.2 Å². The summed E-state index contributed by atoms with van der Waals surface area (Å²) < 4.78 is 11.5. The molecule has 3 heteroatoms. The van der Waals surface area contributed by atoms with E-state index in [1.54, 1.807) is 0 Å². The zero-order valence-electron chi connectivity index (χ0n) is 12.5. The van der Waals surface area contributed by atoms with Crippen LogP contribution >= 0.6 is 0 Å². The zero-order chi connectivity index (χ0) is 14.9. The van der Waals surface area contributed by atoms with Crippen LogP contribution in [0.4, 0.5) is 5.69 Å². The summed E-state index contributed by atoms with van der Waals surface area (Å²) in [5.74, 6) is 1.65. The van der Waals surface area contributed by atoms with Crippen molar-refractivity contribution in [1.29, 1.82) is 0 Å². The molecule has 0 heterocycles. The van der Waals surface area contributed by atoms with E-state index in [2.05, 4.69) is 19.1 Å². The van der Waals surface area contributed by atoms with Crippen LogP contribution in [-0.2, 0) is 6.42 Å². The highest BCUT2D eigenvalue weighted by Gasteiger charge is 2.03. The fourth-order valence-corrected chi connectivity index (χ4v) is 2.04. The van der Waals surface area contributed by atoms with Crippen LogP contribution in [0.5, 0.6) is 11.5 Å². The lowest BCUT2D eigenvalue weighted by atomic mass is 10.1. The molecule has 0 atom stereocenters. The molecule has 0 aliphatic carbocycles. The highest BCUT2D eigenvalue weighted by molar-refractivity contribution is 5.40. The van der Waals surface area contributed by atoms with Crippen LogP contribution in [0.15, 0.2) is 48.5 Å². The smallest absolute Gasteiger partial charge is 0.161 e. The fraction of sp³-hybridized carbons (Fsp3) is 0.333. The molecule has 2 rings (SSSR count). The molecule has 2 aromatic rings. The number of nitrogens with two attached hydrogens (primary N) is 1. The van der Waals surface area contributed by atoms with Crippen molar-refractivity contribution in [2.75, 3.05) is 18.9 Å². The number of benzene rings is 2. The molecule has 112 valence electrons. The van der Waals surface area contributed by atoms with E-state index in [1.807, 2.05) is 36.4 Å². The molecule has 2 aromatic carbocycles. The molecule has 0 radical (unpaired) electrons. The van der Waals surface area contributed by atoms with Crippen molar-refractivity contribution < 1.29 is 9.47 Å². The molecule has 2 N–H and O–H groups in total. The molecule has 0 aliphatic rings. The van der Waals surface area contributed by atoms with Crippen molar-refractivity contribution in [2.45, 2.75) is 26.2 Å². The maximum absolute atomic E-state index is 5.83. The van der Waals surface area contributed by atoms with Gasteiger partial charge in [-0.15, -0.1) is 0 Å². The second-order valence-electron chi connectivity index (χ2n) is 4.99. The monoisotopic (exact) mass is 285 g/mol. The minimum absolute atomic E-state index is 0.677. The van der Waals surface area contributed by atoms with Crippen LogP contribution in [0.2, 0.25) is 0 Å². The van der Waals surface area contributed by atoms with E-state index in [4.69, 9.17) is 15.2 Å². The van der Waals surface area contributed by atoms with Crippen molar-refractivity contribution >= 4 is 5.69 Å². The zero-order valence-corrected chi connectivity index (χ0v) is 12.5. The van der Waals surface area contributed by atoms with Gasteiger partial charge in [-0.2, -0.15) is 0 Å². The Labute approximate surface area is 126 Å². The van der Waals surface area contributed by atoms with Crippen molar-refractivity contribution in [2.24, 2.45) is 0 Å². The summed E-state index contributed by atoms with van der Waals surface area (Å²) in [6.45, 7) is 3.48. The first-order valence-corrected chi connectivity index (χ1v) is 7.48. The van der Waals surface area contributed by atoms with Gasteiger partial charge in [0.25, 0.3) is 0 Å². The van der Waals surface area contributed by atoms with E-state index in [-0.39, 0.29) is 0 Å². The molecule has 0 bridgehead atoms. The van der Waals surface area contributed by atoms with Crippen LogP contribution in [0, 0.1) is 0 Å². The largest absolute Gasteiger partial charge is 0.490 e. The Balaban J connectivity index is 1.79. The van der Waals surface area contributed by atoms with E-state index in [1.165, 1.54) is 5.56 Å². The van der Waals surface area contributed by atoms with Crippen LogP contribution in [0.25, 0.3) is 0 Å². The van der Waals surface area contributed by atoms with E-state index in [0.29, 0.717) is 13.2 Å². The van der Waals surface area contributed by atoms with Gasteiger partial charge in [0.1, 0.15) is 0 Å². The van der Waals surface area contributed by atoms with Crippen LogP contribution in [0.1, 0.15) is 25.3 Å². The summed E-state index contributed by atoms with van der Waals surface area (Å²) in [6.07, 6.45) is 2.94. The standard InChI is InChI=1S/C18H23NO2/c1-2-13-20-17-7-3-4-8-18(17)21-14-5-6-15-9-11-16(19)12-10-15/h3-4,7-12H,2,5-6,13-14,19H2,1H3. The van der Waals surface area contributed by atoms with Gasteiger partial charge in [0, 0.05) is 5.69 Å². The molecule has 0 saturated carbocycles. The average molecular weight is 285 g/mol. The summed E-state index contributed by atoms with van der Waals surface area (Å²) in [7, 11) is 0. The predicted octanol–water partition coefficient (Wildman–Crippen LogP) is 4.07. The number of nitrogen functional groups attached to an aromatic ring is 1.